The van der Waals surface area contributed by atoms with Crippen molar-refractivity contribution in [2.45, 2.75) is 57.8 Å². The standard InChI is InChI=1S/C33H33ClF3N9O5/c1-16-12-23(29(48)40-22-5-4-20(13-21(22)34)33(35,36)37)45-25(16)26(31(50)46-32(45)41-28(42-46)19-6-10-51-11-7-19)43-8-9-44(17(2)14-43)30(49)24-27(47)18(3)38-15-39-24/h4-6,13,15-17,23,47H,7-12,14H2,1-3H3,(H,40,48)/t16-,17+,23+/m0/s1. The third kappa shape index (κ3) is 6.07. The SMILES string of the molecule is Cc1ncnc(C(=O)N2CCN(c3c4n(c5nc(C6=CCOCC6)nn5c3=O)[C@@H](C(=O)Nc3ccc(C(F)(F)F)cc3Cl)C[C@@H]4C)C[C@H]2C)c1O. The van der Waals surface area contributed by atoms with Crippen LogP contribution in [0.2, 0.25) is 5.02 Å². The number of benzene rings is 1. The number of ether oxygens (including phenoxy) is 1. The van der Waals surface area contributed by atoms with Crippen LogP contribution >= 0.6 is 11.6 Å². The summed E-state index contributed by atoms with van der Waals surface area (Å²) in [7, 11) is 0. The third-order valence-electron chi connectivity index (χ3n) is 9.58. The minimum atomic E-state index is -4.61. The van der Waals surface area contributed by atoms with E-state index in [0.29, 0.717) is 36.8 Å². The van der Waals surface area contributed by atoms with Gasteiger partial charge < -0.3 is 25.0 Å². The summed E-state index contributed by atoms with van der Waals surface area (Å²) in [6, 6.07) is 1.34. The van der Waals surface area contributed by atoms with Crippen LogP contribution in [0.4, 0.5) is 24.5 Å². The number of nitrogens with zero attached hydrogens (tertiary/aromatic N) is 8. The lowest BCUT2D eigenvalue weighted by atomic mass is 10.0. The summed E-state index contributed by atoms with van der Waals surface area (Å²) in [6.07, 6.45) is -0.798. The summed E-state index contributed by atoms with van der Waals surface area (Å²) in [4.78, 5) is 57.9. The zero-order chi connectivity index (χ0) is 36.4. The number of hydrogen-bond donors (Lipinski definition) is 2. The molecule has 3 atom stereocenters. The maximum atomic E-state index is 14.4. The van der Waals surface area contributed by atoms with Crippen molar-refractivity contribution in [3.63, 3.8) is 0 Å². The summed E-state index contributed by atoms with van der Waals surface area (Å²) >= 11 is 6.19. The van der Waals surface area contributed by atoms with E-state index in [1.807, 2.05) is 24.8 Å². The van der Waals surface area contributed by atoms with Crippen LogP contribution in [0.3, 0.4) is 0 Å². The van der Waals surface area contributed by atoms with Crippen molar-refractivity contribution in [1.82, 2.24) is 34.0 Å². The smallest absolute Gasteiger partial charge is 0.416 e. The quantitative estimate of drug-likeness (QED) is 0.305. The molecule has 2 amide bonds. The van der Waals surface area contributed by atoms with Gasteiger partial charge in [0, 0.05) is 31.6 Å². The molecule has 3 aromatic heterocycles. The van der Waals surface area contributed by atoms with Crippen LogP contribution in [0.15, 0.2) is 35.4 Å². The van der Waals surface area contributed by atoms with Gasteiger partial charge >= 0.3 is 6.18 Å². The van der Waals surface area contributed by atoms with E-state index in [4.69, 9.17) is 21.3 Å². The van der Waals surface area contributed by atoms with Gasteiger partial charge in [0.25, 0.3) is 11.5 Å². The molecule has 0 aliphatic carbocycles. The molecule has 51 heavy (non-hydrogen) atoms. The highest BCUT2D eigenvalue weighted by Crippen LogP contribution is 2.43. The maximum absolute atomic E-state index is 14.4. The Kier molecular flexibility index (Phi) is 8.73. The van der Waals surface area contributed by atoms with E-state index < -0.39 is 41.2 Å². The second-order valence-electron chi connectivity index (χ2n) is 12.9. The molecule has 0 spiro atoms. The van der Waals surface area contributed by atoms with Gasteiger partial charge in [0.05, 0.1) is 40.9 Å². The number of fused-ring (bicyclic) bond motifs is 3. The molecule has 0 unspecified atom stereocenters. The number of halogens is 4. The Morgan fingerprint density at radius 1 is 1.16 bits per heavy atom. The molecule has 6 heterocycles. The van der Waals surface area contributed by atoms with E-state index in [1.54, 1.807) is 16.4 Å². The number of anilines is 2. The first kappa shape index (κ1) is 34.4. The van der Waals surface area contributed by atoms with E-state index in [-0.39, 0.29) is 65.6 Å². The summed E-state index contributed by atoms with van der Waals surface area (Å²) in [6.45, 7) is 6.75. The lowest BCUT2D eigenvalue weighted by Crippen LogP contribution is -2.55. The Hall–Kier alpha value is -5.03. The summed E-state index contributed by atoms with van der Waals surface area (Å²) in [5, 5.41) is 17.5. The zero-order valence-electron chi connectivity index (χ0n) is 27.7. The number of aromatic nitrogens is 6. The molecule has 18 heteroatoms. The Balaban J connectivity index is 1.28. The van der Waals surface area contributed by atoms with Crippen molar-refractivity contribution in [1.29, 1.82) is 0 Å². The monoisotopic (exact) mass is 727 g/mol. The van der Waals surface area contributed by atoms with Crippen LogP contribution in [0.5, 0.6) is 5.75 Å². The molecule has 0 radical (unpaired) electrons. The molecule has 3 aliphatic heterocycles. The first-order chi connectivity index (χ1) is 24.2. The Morgan fingerprint density at radius 3 is 2.63 bits per heavy atom. The van der Waals surface area contributed by atoms with Crippen LogP contribution in [-0.4, -0.2) is 89.8 Å². The number of amides is 2. The number of aryl methyl sites for hydroxylation is 1. The molecule has 14 nitrogen and oxygen atoms in total. The number of rotatable bonds is 5. The minimum absolute atomic E-state index is 0.00195. The molecule has 4 aromatic rings. The predicted molar refractivity (Wildman–Crippen MR) is 179 cm³/mol. The number of carbonyl (C=O) groups excluding carboxylic acids is 2. The first-order valence-electron chi connectivity index (χ1n) is 16.3. The molecule has 1 aromatic carbocycles. The molecule has 3 aliphatic rings. The molecule has 268 valence electrons. The summed E-state index contributed by atoms with van der Waals surface area (Å²) < 4.78 is 48.1. The Bertz CT molecular complexity index is 2170. The van der Waals surface area contributed by atoms with E-state index in [9.17, 15) is 32.7 Å². The topological polar surface area (TPSA) is 160 Å². The van der Waals surface area contributed by atoms with Crippen LogP contribution in [0.1, 0.15) is 71.9 Å². The highest BCUT2D eigenvalue weighted by molar-refractivity contribution is 6.33. The zero-order valence-corrected chi connectivity index (χ0v) is 28.5. The Labute approximate surface area is 293 Å². The number of aromatic hydroxyl groups is 1. The average molecular weight is 728 g/mol. The van der Waals surface area contributed by atoms with Gasteiger partial charge in [0.1, 0.15) is 18.1 Å². The Morgan fingerprint density at radius 2 is 1.94 bits per heavy atom. The fourth-order valence-corrected chi connectivity index (χ4v) is 7.20. The number of carbonyl (C=O) groups is 2. The van der Waals surface area contributed by atoms with E-state index in [0.717, 1.165) is 23.8 Å². The van der Waals surface area contributed by atoms with Crippen molar-refractivity contribution in [2.24, 2.45) is 0 Å². The van der Waals surface area contributed by atoms with Crippen LogP contribution in [0, 0.1) is 6.92 Å². The van der Waals surface area contributed by atoms with Gasteiger partial charge in [0.15, 0.2) is 17.3 Å². The molecule has 1 saturated heterocycles. The van der Waals surface area contributed by atoms with Gasteiger partial charge in [-0.3, -0.25) is 19.0 Å². The van der Waals surface area contributed by atoms with Gasteiger partial charge in [-0.1, -0.05) is 24.6 Å². The van der Waals surface area contributed by atoms with Crippen molar-refractivity contribution in [3.05, 3.63) is 74.4 Å². The number of hydrogen-bond acceptors (Lipinski definition) is 10. The largest absolute Gasteiger partial charge is 0.504 e. The molecular weight excluding hydrogens is 695 g/mol. The van der Waals surface area contributed by atoms with E-state index >= 15 is 0 Å². The molecule has 0 bridgehead atoms. The lowest BCUT2D eigenvalue weighted by molar-refractivity contribution is -0.137. The van der Waals surface area contributed by atoms with Gasteiger partial charge in [-0.05, 0) is 50.5 Å². The summed E-state index contributed by atoms with van der Waals surface area (Å²) in [5.41, 5.74) is 0.392. The highest BCUT2D eigenvalue weighted by atomic mass is 35.5. The molecule has 0 saturated carbocycles. The second-order valence-corrected chi connectivity index (χ2v) is 13.3. The van der Waals surface area contributed by atoms with Crippen molar-refractivity contribution in [3.8, 4) is 5.75 Å². The van der Waals surface area contributed by atoms with Gasteiger partial charge in [-0.25, -0.2) is 9.97 Å². The third-order valence-corrected chi connectivity index (χ3v) is 9.89. The molecule has 2 N–H and O–H groups in total. The molecule has 7 rings (SSSR count). The van der Waals surface area contributed by atoms with Crippen molar-refractivity contribution < 1.29 is 32.6 Å². The minimum Gasteiger partial charge on any atom is -0.504 e. The fraction of sp³-hybridized carbons (Fsp3) is 0.424. The van der Waals surface area contributed by atoms with Crippen LogP contribution in [0.25, 0.3) is 11.4 Å². The van der Waals surface area contributed by atoms with Gasteiger partial charge in [-0.15, -0.1) is 5.10 Å². The maximum Gasteiger partial charge on any atom is 0.416 e. The molecule has 1 fully saturated rings. The number of alkyl halides is 3. The van der Waals surface area contributed by atoms with E-state index in [1.165, 1.54) is 10.8 Å². The number of piperazine rings is 1. The normalized spacial score (nSPS) is 20.8. The first-order valence-corrected chi connectivity index (χ1v) is 16.7. The van der Waals surface area contributed by atoms with E-state index in [2.05, 4.69) is 20.4 Å². The summed E-state index contributed by atoms with van der Waals surface area (Å²) in [5.74, 6) is -1.21. The van der Waals surface area contributed by atoms with Crippen molar-refractivity contribution >= 4 is 46.1 Å². The molecular formula is C33H33ClF3N9O5. The van der Waals surface area contributed by atoms with Crippen LogP contribution < -0.4 is 15.8 Å². The lowest BCUT2D eigenvalue weighted by Gasteiger charge is -2.41. The second kappa shape index (κ2) is 12.9. The van der Waals surface area contributed by atoms with Crippen LogP contribution in [-0.2, 0) is 15.7 Å². The average Bonchev–Trinajstić information content (AvgIpc) is 3.69. The van der Waals surface area contributed by atoms with Gasteiger partial charge in [-0.2, -0.15) is 22.7 Å². The predicted octanol–water partition coefficient (Wildman–Crippen LogP) is 4.21. The fourth-order valence-electron chi connectivity index (χ4n) is 6.98. The van der Waals surface area contributed by atoms with Gasteiger partial charge in [0.2, 0.25) is 11.7 Å². The number of nitrogens with one attached hydrogen (secondary N) is 1. The highest BCUT2D eigenvalue weighted by Gasteiger charge is 2.42. The van der Waals surface area contributed by atoms with Crippen molar-refractivity contribution in [2.75, 3.05) is 43.1 Å².